The van der Waals surface area contributed by atoms with E-state index in [1.165, 1.54) is 4.90 Å². The molecule has 1 aliphatic rings. The van der Waals surface area contributed by atoms with Gasteiger partial charge in [-0.1, -0.05) is 0 Å². The first-order valence-corrected chi connectivity index (χ1v) is 6.54. The van der Waals surface area contributed by atoms with Gasteiger partial charge in [0.2, 0.25) is 0 Å². The number of hydrogen-bond donors (Lipinski definition) is 1. The van der Waals surface area contributed by atoms with Gasteiger partial charge >= 0.3 is 0 Å². The number of aliphatic hydroxyl groups is 1. The molecule has 0 bridgehead atoms. The first kappa shape index (κ1) is 13.8. The monoisotopic (exact) mass is 263 g/mol. The molecule has 1 aromatic heterocycles. The predicted octanol–water partition coefficient (Wildman–Crippen LogP) is 1.13. The van der Waals surface area contributed by atoms with Crippen LogP contribution in [0.4, 0.5) is 5.82 Å². The molecule has 104 valence electrons. The maximum absolute atomic E-state index is 11.8. The molecular weight excluding hydrogens is 242 g/mol. The summed E-state index contributed by atoms with van der Waals surface area (Å²) in [4.78, 5) is 19.8. The number of carbonyl (C=O) groups excluding carboxylic acids is 1. The molecule has 19 heavy (non-hydrogen) atoms. The molecule has 1 aliphatic heterocycles. The highest BCUT2D eigenvalue weighted by Gasteiger charge is 2.27. The molecule has 0 saturated carbocycles. The molecule has 1 amide bonds. The molecule has 1 saturated heterocycles. The van der Waals surface area contributed by atoms with E-state index in [2.05, 4.69) is 9.88 Å². The number of amides is 1. The summed E-state index contributed by atoms with van der Waals surface area (Å²) in [5.41, 5.74) is 0.0369. The molecule has 0 unspecified atom stereocenters. The number of rotatable bonds is 2. The van der Waals surface area contributed by atoms with Gasteiger partial charge in [-0.25, -0.2) is 4.98 Å². The first-order valence-electron chi connectivity index (χ1n) is 6.54. The molecule has 0 spiro atoms. The number of carbonyl (C=O) groups is 1. The van der Waals surface area contributed by atoms with E-state index in [-0.39, 0.29) is 5.91 Å². The summed E-state index contributed by atoms with van der Waals surface area (Å²) >= 11 is 0. The number of nitrogens with zero attached hydrogens (tertiary/aromatic N) is 3. The molecular formula is C14H21N3O2. The van der Waals surface area contributed by atoms with Crippen LogP contribution in [0.25, 0.3) is 0 Å². The van der Waals surface area contributed by atoms with Crippen molar-refractivity contribution in [3.05, 3.63) is 23.9 Å². The highest BCUT2D eigenvalue weighted by molar-refractivity contribution is 5.93. The lowest BCUT2D eigenvalue weighted by Gasteiger charge is -2.36. The molecule has 0 aliphatic carbocycles. The van der Waals surface area contributed by atoms with E-state index in [0.29, 0.717) is 5.56 Å². The van der Waals surface area contributed by atoms with Crippen molar-refractivity contribution in [2.75, 3.05) is 32.1 Å². The quantitative estimate of drug-likeness (QED) is 0.869. The Morgan fingerprint density at radius 2 is 2.00 bits per heavy atom. The summed E-state index contributed by atoms with van der Waals surface area (Å²) in [5, 5.41) is 9.92. The van der Waals surface area contributed by atoms with Gasteiger partial charge in [-0.15, -0.1) is 0 Å². The first-order chi connectivity index (χ1) is 8.89. The standard InChI is InChI=1S/C14H21N3O2/c1-14(19)6-8-17(9-7-14)12-5-4-11(10-15-12)13(18)16(2)3/h4-5,10,19H,6-9H2,1-3H3. The molecule has 1 aromatic rings. The highest BCUT2D eigenvalue weighted by atomic mass is 16.3. The third-order valence-electron chi connectivity index (χ3n) is 3.57. The number of piperidine rings is 1. The predicted molar refractivity (Wildman–Crippen MR) is 74.3 cm³/mol. The van der Waals surface area contributed by atoms with Crippen LogP contribution >= 0.6 is 0 Å². The van der Waals surface area contributed by atoms with Gasteiger partial charge in [-0.2, -0.15) is 0 Å². The second kappa shape index (κ2) is 5.17. The van der Waals surface area contributed by atoms with E-state index in [1.54, 1.807) is 26.4 Å². The Labute approximate surface area is 113 Å². The molecule has 5 nitrogen and oxygen atoms in total. The van der Waals surface area contributed by atoms with Crippen molar-refractivity contribution in [2.45, 2.75) is 25.4 Å². The molecule has 0 atom stereocenters. The smallest absolute Gasteiger partial charge is 0.254 e. The van der Waals surface area contributed by atoms with Crippen LogP contribution in [0.5, 0.6) is 0 Å². The minimum atomic E-state index is -0.558. The van der Waals surface area contributed by atoms with Gasteiger partial charge in [0.15, 0.2) is 0 Å². The third-order valence-corrected chi connectivity index (χ3v) is 3.57. The summed E-state index contributed by atoms with van der Waals surface area (Å²) in [7, 11) is 3.45. The average molecular weight is 263 g/mol. The Balaban J connectivity index is 2.05. The van der Waals surface area contributed by atoms with Crippen LogP contribution in [0.1, 0.15) is 30.1 Å². The fourth-order valence-electron chi connectivity index (χ4n) is 2.18. The van der Waals surface area contributed by atoms with E-state index in [4.69, 9.17) is 0 Å². The molecule has 5 heteroatoms. The summed E-state index contributed by atoms with van der Waals surface area (Å²) in [5.74, 6) is 0.825. The lowest BCUT2D eigenvalue weighted by molar-refractivity contribution is 0.0350. The summed E-state index contributed by atoms with van der Waals surface area (Å²) < 4.78 is 0. The van der Waals surface area contributed by atoms with E-state index >= 15 is 0 Å². The van der Waals surface area contributed by atoms with Gasteiger partial charge in [0.05, 0.1) is 11.2 Å². The zero-order chi connectivity index (χ0) is 14.0. The molecule has 1 fully saturated rings. The molecule has 2 heterocycles. The SMILES string of the molecule is CN(C)C(=O)c1ccc(N2CCC(C)(O)CC2)nc1. The normalized spacial score (nSPS) is 18.2. The zero-order valence-corrected chi connectivity index (χ0v) is 11.8. The Hall–Kier alpha value is -1.62. The van der Waals surface area contributed by atoms with Crippen molar-refractivity contribution in [3.8, 4) is 0 Å². The van der Waals surface area contributed by atoms with Crippen LogP contribution in [-0.2, 0) is 0 Å². The second-order valence-electron chi connectivity index (χ2n) is 5.59. The Bertz CT molecular complexity index is 444. The van der Waals surface area contributed by atoms with Gasteiger partial charge in [-0.05, 0) is 31.9 Å². The topological polar surface area (TPSA) is 56.7 Å². The zero-order valence-electron chi connectivity index (χ0n) is 11.8. The maximum atomic E-state index is 11.8. The van der Waals surface area contributed by atoms with Crippen molar-refractivity contribution in [1.82, 2.24) is 9.88 Å². The Morgan fingerprint density at radius 1 is 1.37 bits per heavy atom. The number of hydrogen-bond acceptors (Lipinski definition) is 4. The number of aromatic nitrogens is 1. The molecule has 0 aromatic carbocycles. The summed E-state index contributed by atoms with van der Waals surface area (Å²) in [6.45, 7) is 3.46. The van der Waals surface area contributed by atoms with E-state index in [0.717, 1.165) is 31.7 Å². The minimum Gasteiger partial charge on any atom is -0.390 e. The van der Waals surface area contributed by atoms with Crippen LogP contribution in [0, 0.1) is 0 Å². The molecule has 0 radical (unpaired) electrons. The second-order valence-corrected chi connectivity index (χ2v) is 5.59. The van der Waals surface area contributed by atoms with Gasteiger partial charge in [0.25, 0.3) is 5.91 Å². The Morgan fingerprint density at radius 3 is 2.47 bits per heavy atom. The van der Waals surface area contributed by atoms with Crippen LogP contribution < -0.4 is 4.90 Å². The van der Waals surface area contributed by atoms with Crippen molar-refractivity contribution >= 4 is 11.7 Å². The number of pyridine rings is 1. The van der Waals surface area contributed by atoms with Crippen molar-refractivity contribution in [1.29, 1.82) is 0 Å². The fraction of sp³-hybridized carbons (Fsp3) is 0.571. The molecule has 2 rings (SSSR count). The van der Waals surface area contributed by atoms with Gasteiger partial charge in [0.1, 0.15) is 5.82 Å². The summed E-state index contributed by atoms with van der Waals surface area (Å²) in [6, 6.07) is 3.67. The van der Waals surface area contributed by atoms with Crippen molar-refractivity contribution in [2.24, 2.45) is 0 Å². The third kappa shape index (κ3) is 3.23. The van der Waals surface area contributed by atoms with Crippen molar-refractivity contribution < 1.29 is 9.90 Å². The fourth-order valence-corrected chi connectivity index (χ4v) is 2.18. The minimum absolute atomic E-state index is 0.0411. The van der Waals surface area contributed by atoms with Crippen molar-refractivity contribution in [3.63, 3.8) is 0 Å². The van der Waals surface area contributed by atoms with Gasteiger partial charge < -0.3 is 14.9 Å². The van der Waals surface area contributed by atoms with E-state index < -0.39 is 5.60 Å². The van der Waals surface area contributed by atoms with Crippen LogP contribution in [0.2, 0.25) is 0 Å². The Kier molecular flexibility index (Phi) is 3.75. The van der Waals surface area contributed by atoms with Crippen LogP contribution in [-0.4, -0.2) is 53.7 Å². The van der Waals surface area contributed by atoms with Crippen LogP contribution in [0.3, 0.4) is 0 Å². The van der Waals surface area contributed by atoms with E-state index in [9.17, 15) is 9.90 Å². The highest BCUT2D eigenvalue weighted by Crippen LogP contribution is 2.24. The van der Waals surface area contributed by atoms with Gasteiger partial charge in [0, 0.05) is 33.4 Å². The molecule has 1 N–H and O–H groups in total. The lowest BCUT2D eigenvalue weighted by atomic mass is 9.94. The average Bonchev–Trinajstić information content (AvgIpc) is 2.38. The maximum Gasteiger partial charge on any atom is 0.254 e. The summed E-state index contributed by atoms with van der Waals surface area (Å²) in [6.07, 6.45) is 3.10. The van der Waals surface area contributed by atoms with Gasteiger partial charge in [-0.3, -0.25) is 4.79 Å². The van der Waals surface area contributed by atoms with E-state index in [1.807, 2.05) is 13.0 Å². The number of anilines is 1. The largest absolute Gasteiger partial charge is 0.390 e. The van der Waals surface area contributed by atoms with Crippen LogP contribution in [0.15, 0.2) is 18.3 Å². The lowest BCUT2D eigenvalue weighted by Crippen LogP contribution is -2.42.